The molecule has 1 rings (SSSR count). The maximum Gasteiger partial charge on any atom is 0.335 e. The van der Waals surface area contributed by atoms with Crippen molar-refractivity contribution in [3.63, 3.8) is 0 Å². The van der Waals surface area contributed by atoms with Crippen LogP contribution in [0.15, 0.2) is 36.9 Å². The van der Waals surface area contributed by atoms with Crippen LogP contribution in [-0.2, 0) is 0 Å². The zero-order valence-corrected chi connectivity index (χ0v) is 9.26. The molecule has 16 heavy (non-hydrogen) atoms. The molecule has 0 saturated carbocycles. The number of phenolic OH excluding ortho intramolecular Hbond substituents is 1. The lowest BCUT2D eigenvalue weighted by Crippen LogP contribution is -2.12. The van der Waals surface area contributed by atoms with E-state index in [-0.39, 0.29) is 17.4 Å². The minimum absolute atomic E-state index is 0.0741. The van der Waals surface area contributed by atoms with E-state index in [9.17, 15) is 4.79 Å². The lowest BCUT2D eigenvalue weighted by molar-refractivity contribution is 0.0697. The largest absolute Gasteiger partial charge is 0.508 e. The average molecular weight is 223 g/mol. The molecule has 0 amide bonds. The summed E-state index contributed by atoms with van der Waals surface area (Å²) in [5.74, 6) is -0.912. The summed E-state index contributed by atoms with van der Waals surface area (Å²) in [6, 6.07) is 5.64. The Morgan fingerprint density at radius 2 is 2.00 bits per heavy atom. The van der Waals surface area contributed by atoms with Crippen molar-refractivity contribution in [2.75, 3.05) is 0 Å². The molecule has 0 spiro atoms. The first-order valence-corrected chi connectivity index (χ1v) is 4.86. The fraction of sp³-hybridized carbons (Fsp3) is 0.250. The Morgan fingerprint density at radius 1 is 1.50 bits per heavy atom. The van der Waals surface area contributed by atoms with Crippen molar-refractivity contribution in [3.8, 4) is 5.75 Å². The maximum atomic E-state index is 10.2. The van der Waals surface area contributed by atoms with Crippen molar-refractivity contribution in [3.05, 3.63) is 42.5 Å². The predicted octanol–water partition coefficient (Wildman–Crippen LogP) is 2.00. The van der Waals surface area contributed by atoms with E-state index in [1.807, 2.05) is 13.0 Å². The van der Waals surface area contributed by atoms with Gasteiger partial charge in [0.05, 0.1) is 5.56 Å². The minimum atomic E-state index is -0.986. The van der Waals surface area contributed by atoms with Crippen LogP contribution < -0.4 is 5.73 Å². The van der Waals surface area contributed by atoms with Gasteiger partial charge in [0.25, 0.3) is 0 Å². The van der Waals surface area contributed by atoms with Crippen molar-refractivity contribution in [1.29, 1.82) is 0 Å². The SMILES string of the molecule is C=CCC(C)N.O=C(O)c1ccc(O)cc1. The Morgan fingerprint density at radius 3 is 2.25 bits per heavy atom. The van der Waals surface area contributed by atoms with Gasteiger partial charge in [0, 0.05) is 6.04 Å². The van der Waals surface area contributed by atoms with Gasteiger partial charge in [-0.3, -0.25) is 0 Å². The number of hydrogen-bond acceptors (Lipinski definition) is 3. The molecule has 1 aromatic carbocycles. The first-order chi connectivity index (χ1) is 7.47. The summed E-state index contributed by atoms with van der Waals surface area (Å²) in [6.45, 7) is 5.48. The number of carboxylic acid groups (broad SMARTS) is 1. The lowest BCUT2D eigenvalue weighted by Gasteiger charge is -1.93. The number of phenols is 1. The quantitative estimate of drug-likeness (QED) is 0.684. The molecule has 0 radical (unpaired) electrons. The summed E-state index contributed by atoms with van der Waals surface area (Å²) in [5.41, 5.74) is 5.51. The van der Waals surface area contributed by atoms with Gasteiger partial charge in [0.1, 0.15) is 5.75 Å². The van der Waals surface area contributed by atoms with Crippen molar-refractivity contribution in [2.45, 2.75) is 19.4 Å². The highest BCUT2D eigenvalue weighted by molar-refractivity contribution is 5.87. The summed E-state index contributed by atoms with van der Waals surface area (Å²) < 4.78 is 0. The number of benzene rings is 1. The second-order valence-electron chi connectivity index (χ2n) is 3.35. The van der Waals surface area contributed by atoms with Crippen LogP contribution in [0.1, 0.15) is 23.7 Å². The Labute approximate surface area is 95.0 Å². The molecule has 0 fully saturated rings. The van der Waals surface area contributed by atoms with Gasteiger partial charge < -0.3 is 15.9 Å². The number of hydrogen-bond donors (Lipinski definition) is 3. The van der Waals surface area contributed by atoms with Crippen molar-refractivity contribution in [1.82, 2.24) is 0 Å². The highest BCUT2D eigenvalue weighted by Gasteiger charge is 1.99. The van der Waals surface area contributed by atoms with Gasteiger partial charge in [-0.05, 0) is 37.6 Å². The molecule has 88 valence electrons. The van der Waals surface area contributed by atoms with Crippen molar-refractivity contribution < 1.29 is 15.0 Å². The van der Waals surface area contributed by atoms with Gasteiger partial charge in [0.2, 0.25) is 0 Å². The zero-order valence-electron chi connectivity index (χ0n) is 9.26. The van der Waals surface area contributed by atoms with E-state index in [4.69, 9.17) is 15.9 Å². The Hall–Kier alpha value is -1.81. The van der Waals surface area contributed by atoms with Gasteiger partial charge in [-0.25, -0.2) is 4.79 Å². The minimum Gasteiger partial charge on any atom is -0.508 e. The predicted molar refractivity (Wildman–Crippen MR) is 63.5 cm³/mol. The molecule has 4 heteroatoms. The monoisotopic (exact) mass is 223 g/mol. The lowest BCUT2D eigenvalue weighted by atomic mass is 10.2. The van der Waals surface area contributed by atoms with Crippen LogP contribution in [-0.4, -0.2) is 22.2 Å². The number of nitrogens with two attached hydrogens (primary N) is 1. The van der Waals surface area contributed by atoms with Crippen LogP contribution in [0.2, 0.25) is 0 Å². The number of aromatic hydroxyl groups is 1. The molecule has 0 aliphatic heterocycles. The fourth-order valence-corrected chi connectivity index (χ4v) is 0.867. The molecule has 0 heterocycles. The molecular weight excluding hydrogens is 206 g/mol. The van der Waals surface area contributed by atoms with Crippen molar-refractivity contribution in [2.24, 2.45) is 5.73 Å². The van der Waals surface area contributed by atoms with E-state index in [2.05, 4.69) is 6.58 Å². The molecule has 4 nitrogen and oxygen atoms in total. The van der Waals surface area contributed by atoms with Crippen LogP contribution in [0.3, 0.4) is 0 Å². The first kappa shape index (κ1) is 14.2. The third-order valence-corrected chi connectivity index (χ3v) is 1.65. The standard InChI is InChI=1S/C7H6O3.C5H11N/c8-6-3-1-5(2-4-6)7(9)10;1-3-4-5(2)6/h1-4,8H,(H,9,10);3,5H,1,4,6H2,2H3. The molecule has 0 aliphatic carbocycles. The second kappa shape index (κ2) is 7.48. The summed E-state index contributed by atoms with van der Waals surface area (Å²) in [5, 5.41) is 17.1. The highest BCUT2D eigenvalue weighted by atomic mass is 16.4. The van der Waals surface area contributed by atoms with Crippen LogP contribution in [0.25, 0.3) is 0 Å². The zero-order chi connectivity index (χ0) is 12.6. The van der Waals surface area contributed by atoms with E-state index in [0.717, 1.165) is 6.42 Å². The summed E-state index contributed by atoms with van der Waals surface area (Å²) in [7, 11) is 0. The van der Waals surface area contributed by atoms with E-state index in [1.165, 1.54) is 24.3 Å². The molecule has 0 bridgehead atoms. The Kier molecular flexibility index (Phi) is 6.63. The van der Waals surface area contributed by atoms with Crippen LogP contribution in [0, 0.1) is 0 Å². The maximum absolute atomic E-state index is 10.2. The van der Waals surface area contributed by atoms with Crippen LogP contribution >= 0.6 is 0 Å². The van der Waals surface area contributed by atoms with E-state index < -0.39 is 5.97 Å². The number of rotatable bonds is 3. The van der Waals surface area contributed by atoms with Crippen LogP contribution in [0.4, 0.5) is 0 Å². The van der Waals surface area contributed by atoms with Gasteiger partial charge in [-0.2, -0.15) is 0 Å². The Bertz CT molecular complexity index is 331. The Balaban J connectivity index is 0.000000325. The summed E-state index contributed by atoms with van der Waals surface area (Å²) in [6.07, 6.45) is 2.74. The topological polar surface area (TPSA) is 83.6 Å². The third kappa shape index (κ3) is 6.62. The van der Waals surface area contributed by atoms with Gasteiger partial charge in [-0.15, -0.1) is 6.58 Å². The third-order valence-electron chi connectivity index (χ3n) is 1.65. The normalized spacial score (nSPS) is 10.9. The van der Waals surface area contributed by atoms with E-state index >= 15 is 0 Å². The molecule has 1 aromatic rings. The summed E-state index contributed by atoms with van der Waals surface area (Å²) in [4.78, 5) is 10.2. The number of carbonyl (C=O) groups is 1. The van der Waals surface area contributed by atoms with E-state index in [1.54, 1.807) is 0 Å². The molecular formula is C12H17NO3. The molecule has 0 saturated heterocycles. The average Bonchev–Trinajstić information content (AvgIpc) is 2.19. The second-order valence-corrected chi connectivity index (χ2v) is 3.35. The van der Waals surface area contributed by atoms with Gasteiger partial charge in [-0.1, -0.05) is 6.08 Å². The number of carboxylic acids is 1. The molecule has 0 aromatic heterocycles. The van der Waals surface area contributed by atoms with Gasteiger partial charge in [0.15, 0.2) is 0 Å². The van der Waals surface area contributed by atoms with Crippen molar-refractivity contribution >= 4 is 5.97 Å². The van der Waals surface area contributed by atoms with E-state index in [0.29, 0.717) is 0 Å². The first-order valence-electron chi connectivity index (χ1n) is 4.86. The van der Waals surface area contributed by atoms with Gasteiger partial charge >= 0.3 is 5.97 Å². The molecule has 0 aliphatic rings. The molecule has 1 unspecified atom stereocenters. The highest BCUT2D eigenvalue weighted by Crippen LogP contribution is 2.08. The number of aromatic carboxylic acids is 1. The fourth-order valence-electron chi connectivity index (χ4n) is 0.867. The van der Waals surface area contributed by atoms with Crippen LogP contribution in [0.5, 0.6) is 5.75 Å². The molecule has 4 N–H and O–H groups in total. The smallest absolute Gasteiger partial charge is 0.335 e. The summed E-state index contributed by atoms with van der Waals surface area (Å²) >= 11 is 0. The molecule has 1 atom stereocenters.